The number of tetrazole rings is 1. The van der Waals surface area contributed by atoms with Crippen molar-refractivity contribution in [3.05, 3.63) is 40.1 Å². The van der Waals surface area contributed by atoms with Gasteiger partial charge < -0.3 is 0 Å². The number of rotatable bonds is 4. The van der Waals surface area contributed by atoms with Crippen LogP contribution in [0, 0.1) is 0 Å². The molecule has 6 nitrogen and oxygen atoms in total. The van der Waals surface area contributed by atoms with Crippen LogP contribution in [0.5, 0.6) is 0 Å². The van der Waals surface area contributed by atoms with Crippen molar-refractivity contribution in [2.75, 3.05) is 26.2 Å². The monoisotopic (exact) mass is 350 g/mol. The van der Waals surface area contributed by atoms with Gasteiger partial charge in [-0.05, 0) is 22.9 Å². The van der Waals surface area contributed by atoms with Crippen molar-refractivity contribution >= 4 is 15.9 Å². The van der Waals surface area contributed by atoms with Crippen LogP contribution in [0.4, 0.5) is 0 Å². The lowest BCUT2D eigenvalue weighted by Gasteiger charge is -2.34. The second kappa shape index (κ2) is 6.64. The summed E-state index contributed by atoms with van der Waals surface area (Å²) in [5, 5.41) is 12.2. The first kappa shape index (κ1) is 14.6. The molecule has 2 heterocycles. The van der Waals surface area contributed by atoms with Crippen molar-refractivity contribution in [2.45, 2.75) is 13.1 Å². The molecular formula is C14H19BrN6. The smallest absolute Gasteiger partial charge is 0.188 e. The maximum Gasteiger partial charge on any atom is 0.188 e. The van der Waals surface area contributed by atoms with Crippen molar-refractivity contribution in [3.8, 4) is 0 Å². The van der Waals surface area contributed by atoms with Crippen LogP contribution in [0.15, 0.2) is 28.7 Å². The number of halogens is 1. The van der Waals surface area contributed by atoms with Crippen LogP contribution < -0.4 is 0 Å². The molecule has 0 radical (unpaired) electrons. The van der Waals surface area contributed by atoms with Crippen LogP contribution in [-0.2, 0) is 20.1 Å². The maximum absolute atomic E-state index is 4.23. The molecule has 0 amide bonds. The van der Waals surface area contributed by atoms with E-state index in [1.165, 1.54) is 10.4 Å². The van der Waals surface area contributed by atoms with Crippen molar-refractivity contribution < 1.29 is 0 Å². The van der Waals surface area contributed by atoms with E-state index in [4.69, 9.17) is 0 Å². The molecule has 0 aliphatic carbocycles. The molecule has 1 aliphatic heterocycles. The van der Waals surface area contributed by atoms with E-state index in [0.717, 1.165) is 49.6 Å². The minimum Gasteiger partial charge on any atom is -0.297 e. The van der Waals surface area contributed by atoms with Gasteiger partial charge in [0.25, 0.3) is 0 Å². The summed E-state index contributed by atoms with van der Waals surface area (Å²) in [4.78, 5) is 6.39. The van der Waals surface area contributed by atoms with Crippen molar-refractivity contribution in [1.29, 1.82) is 0 Å². The van der Waals surface area contributed by atoms with Crippen molar-refractivity contribution in [1.82, 2.24) is 30.0 Å². The fraction of sp³-hybridized carbons (Fsp3) is 0.500. The summed E-state index contributed by atoms with van der Waals surface area (Å²) in [6.45, 7) is 6.07. The van der Waals surface area contributed by atoms with Gasteiger partial charge in [0.05, 0.1) is 13.6 Å². The van der Waals surface area contributed by atoms with Gasteiger partial charge in [0, 0.05) is 37.2 Å². The number of nitrogens with zero attached hydrogens (tertiary/aromatic N) is 6. The van der Waals surface area contributed by atoms with E-state index >= 15 is 0 Å². The topological polar surface area (TPSA) is 50.1 Å². The first-order valence-corrected chi connectivity index (χ1v) is 7.90. The number of hydrogen-bond acceptors (Lipinski definition) is 5. The Morgan fingerprint density at radius 3 is 2.19 bits per heavy atom. The van der Waals surface area contributed by atoms with Gasteiger partial charge in [-0.2, -0.15) is 4.80 Å². The zero-order valence-electron chi connectivity index (χ0n) is 12.1. The molecule has 1 aromatic carbocycles. The van der Waals surface area contributed by atoms with Gasteiger partial charge in [-0.15, -0.1) is 10.2 Å². The second-order valence-electron chi connectivity index (χ2n) is 5.37. The van der Waals surface area contributed by atoms with Gasteiger partial charge in [0.15, 0.2) is 5.82 Å². The first-order valence-electron chi connectivity index (χ1n) is 7.11. The predicted molar refractivity (Wildman–Crippen MR) is 83.5 cm³/mol. The molecule has 0 atom stereocenters. The van der Waals surface area contributed by atoms with Gasteiger partial charge in [-0.1, -0.05) is 28.1 Å². The Balaban J connectivity index is 1.47. The number of aryl methyl sites for hydroxylation is 1. The van der Waals surface area contributed by atoms with Crippen LogP contribution in [-0.4, -0.2) is 56.2 Å². The lowest BCUT2D eigenvalue weighted by atomic mass is 10.2. The predicted octanol–water partition coefficient (Wildman–Crippen LogP) is 1.29. The summed E-state index contributed by atoms with van der Waals surface area (Å²) < 4.78 is 1.13. The number of hydrogen-bond donors (Lipinski definition) is 0. The summed E-state index contributed by atoms with van der Waals surface area (Å²) in [7, 11) is 1.80. The lowest BCUT2D eigenvalue weighted by molar-refractivity contribution is 0.120. The Bertz CT molecular complexity index is 573. The Morgan fingerprint density at radius 1 is 1.00 bits per heavy atom. The summed E-state index contributed by atoms with van der Waals surface area (Å²) in [5.74, 6) is 0.804. The van der Waals surface area contributed by atoms with E-state index in [1.54, 1.807) is 7.05 Å². The molecule has 2 aromatic rings. The van der Waals surface area contributed by atoms with Gasteiger partial charge >= 0.3 is 0 Å². The van der Waals surface area contributed by atoms with E-state index in [-0.39, 0.29) is 0 Å². The average Bonchev–Trinajstić information content (AvgIpc) is 2.89. The van der Waals surface area contributed by atoms with Gasteiger partial charge in [0.1, 0.15) is 0 Å². The van der Waals surface area contributed by atoms with Gasteiger partial charge in [-0.25, -0.2) is 0 Å². The van der Waals surface area contributed by atoms with Crippen molar-refractivity contribution in [3.63, 3.8) is 0 Å². The Labute approximate surface area is 132 Å². The third-order valence-corrected chi connectivity index (χ3v) is 4.23. The average molecular weight is 351 g/mol. The molecule has 0 saturated carbocycles. The highest BCUT2D eigenvalue weighted by Gasteiger charge is 2.18. The molecule has 7 heteroatoms. The van der Waals surface area contributed by atoms with Crippen molar-refractivity contribution in [2.24, 2.45) is 7.05 Å². The number of piperazine rings is 1. The molecular weight excluding hydrogens is 332 g/mol. The van der Waals surface area contributed by atoms with E-state index < -0.39 is 0 Å². The Kier molecular flexibility index (Phi) is 4.62. The van der Waals surface area contributed by atoms with Crippen LogP contribution in [0.25, 0.3) is 0 Å². The van der Waals surface area contributed by atoms with Crippen LogP contribution in [0.2, 0.25) is 0 Å². The summed E-state index contributed by atoms with van der Waals surface area (Å²) in [6, 6.07) is 8.57. The molecule has 0 bridgehead atoms. The standard InChI is InChI=1S/C14H19BrN6/c1-19-17-14(16-18-19)11-21-8-6-20(7-9-21)10-12-2-4-13(15)5-3-12/h2-5H,6-11H2,1H3. The van der Waals surface area contributed by atoms with E-state index in [1.807, 2.05) is 0 Å². The zero-order valence-corrected chi connectivity index (χ0v) is 13.7. The minimum atomic E-state index is 0.792. The summed E-state index contributed by atoms with van der Waals surface area (Å²) >= 11 is 3.47. The fourth-order valence-corrected chi connectivity index (χ4v) is 2.80. The highest BCUT2D eigenvalue weighted by molar-refractivity contribution is 9.10. The second-order valence-corrected chi connectivity index (χ2v) is 6.29. The van der Waals surface area contributed by atoms with Gasteiger partial charge in [0.2, 0.25) is 0 Å². The highest BCUT2D eigenvalue weighted by Crippen LogP contribution is 2.13. The van der Waals surface area contributed by atoms with E-state index in [0.29, 0.717) is 0 Å². The minimum absolute atomic E-state index is 0.792. The molecule has 21 heavy (non-hydrogen) atoms. The molecule has 1 aliphatic rings. The fourth-order valence-electron chi connectivity index (χ4n) is 2.54. The van der Waals surface area contributed by atoms with Crippen LogP contribution in [0.3, 0.4) is 0 Å². The zero-order chi connectivity index (χ0) is 14.7. The molecule has 0 N–H and O–H groups in total. The number of aromatic nitrogens is 4. The van der Waals surface area contributed by atoms with Crippen LogP contribution >= 0.6 is 15.9 Å². The molecule has 1 saturated heterocycles. The van der Waals surface area contributed by atoms with Crippen LogP contribution in [0.1, 0.15) is 11.4 Å². The number of benzene rings is 1. The quantitative estimate of drug-likeness (QED) is 0.831. The summed E-state index contributed by atoms with van der Waals surface area (Å²) in [5.41, 5.74) is 1.36. The lowest BCUT2D eigenvalue weighted by Crippen LogP contribution is -2.45. The van der Waals surface area contributed by atoms with E-state index in [2.05, 4.69) is 65.4 Å². The maximum atomic E-state index is 4.23. The molecule has 0 unspecified atom stereocenters. The molecule has 1 fully saturated rings. The van der Waals surface area contributed by atoms with E-state index in [9.17, 15) is 0 Å². The molecule has 0 spiro atoms. The third kappa shape index (κ3) is 4.09. The summed E-state index contributed by atoms with van der Waals surface area (Å²) in [6.07, 6.45) is 0. The largest absolute Gasteiger partial charge is 0.297 e. The van der Waals surface area contributed by atoms with Gasteiger partial charge in [-0.3, -0.25) is 9.80 Å². The molecule has 112 valence electrons. The molecule has 1 aromatic heterocycles. The molecule has 3 rings (SSSR count). The highest BCUT2D eigenvalue weighted by atomic mass is 79.9. The Hall–Kier alpha value is -1.31. The Morgan fingerprint density at radius 2 is 1.62 bits per heavy atom. The first-order chi connectivity index (χ1) is 10.2. The third-order valence-electron chi connectivity index (χ3n) is 3.70. The SMILES string of the molecule is Cn1nnc(CN2CCN(Cc3ccc(Br)cc3)CC2)n1. The normalized spacial score (nSPS) is 17.2.